The largest absolute Gasteiger partial charge is 0.340 e. The highest BCUT2D eigenvalue weighted by atomic mass is 35.5. The van der Waals surface area contributed by atoms with Gasteiger partial charge in [0.15, 0.2) is 0 Å². The molecule has 1 N–H and O–H groups in total. The van der Waals surface area contributed by atoms with Gasteiger partial charge < -0.3 is 10.2 Å². The van der Waals surface area contributed by atoms with Gasteiger partial charge in [-0.1, -0.05) is 18.2 Å². The molecule has 134 valence electrons. The summed E-state index contributed by atoms with van der Waals surface area (Å²) in [5, 5.41) is 3.22. The molecule has 6 nitrogen and oxygen atoms in total. The van der Waals surface area contributed by atoms with E-state index in [4.69, 9.17) is 0 Å². The zero-order valence-corrected chi connectivity index (χ0v) is 15.2. The molecule has 0 saturated carbocycles. The van der Waals surface area contributed by atoms with Crippen LogP contribution in [-0.4, -0.2) is 62.3 Å². The summed E-state index contributed by atoms with van der Waals surface area (Å²) in [5.41, 5.74) is 0. The predicted octanol–water partition coefficient (Wildman–Crippen LogP) is 1.08. The Kier molecular flexibility index (Phi) is 6.62. The Labute approximate surface area is 149 Å². The highest BCUT2D eigenvalue weighted by molar-refractivity contribution is 7.89. The molecule has 1 amide bonds. The third kappa shape index (κ3) is 4.08. The van der Waals surface area contributed by atoms with Crippen molar-refractivity contribution in [1.29, 1.82) is 0 Å². The van der Waals surface area contributed by atoms with Crippen LogP contribution in [0, 0.1) is 0 Å². The van der Waals surface area contributed by atoms with Crippen molar-refractivity contribution in [3.8, 4) is 0 Å². The predicted molar refractivity (Wildman–Crippen MR) is 94.7 cm³/mol. The molecule has 1 aromatic carbocycles. The Bertz CT molecular complexity index is 648. The van der Waals surface area contributed by atoms with Gasteiger partial charge in [0.05, 0.1) is 10.9 Å². The third-order valence-electron chi connectivity index (χ3n) is 4.51. The van der Waals surface area contributed by atoms with Crippen molar-refractivity contribution in [2.24, 2.45) is 0 Å². The van der Waals surface area contributed by atoms with E-state index in [-0.39, 0.29) is 24.4 Å². The van der Waals surface area contributed by atoms with Gasteiger partial charge in [-0.2, -0.15) is 4.31 Å². The molecule has 2 heterocycles. The van der Waals surface area contributed by atoms with Crippen molar-refractivity contribution >= 4 is 28.3 Å². The van der Waals surface area contributed by atoms with Crippen LogP contribution in [0.15, 0.2) is 35.2 Å². The quantitative estimate of drug-likeness (QED) is 0.860. The number of hydrogen-bond acceptors (Lipinski definition) is 4. The van der Waals surface area contributed by atoms with E-state index in [0.29, 0.717) is 37.5 Å². The number of carbonyl (C=O) groups is 1. The zero-order valence-electron chi connectivity index (χ0n) is 13.6. The number of benzene rings is 1. The molecule has 8 heteroatoms. The molecular weight excluding hydrogens is 350 g/mol. The second kappa shape index (κ2) is 8.29. The van der Waals surface area contributed by atoms with Crippen LogP contribution in [0.4, 0.5) is 0 Å². The van der Waals surface area contributed by atoms with E-state index in [9.17, 15) is 13.2 Å². The van der Waals surface area contributed by atoms with Gasteiger partial charge in [-0.15, -0.1) is 12.4 Å². The van der Waals surface area contributed by atoms with Gasteiger partial charge in [0.25, 0.3) is 0 Å². The maximum absolute atomic E-state index is 12.7. The summed E-state index contributed by atoms with van der Waals surface area (Å²) in [4.78, 5) is 14.6. The Morgan fingerprint density at radius 1 is 1.04 bits per heavy atom. The van der Waals surface area contributed by atoms with Crippen LogP contribution in [0.5, 0.6) is 0 Å². The van der Waals surface area contributed by atoms with E-state index in [1.54, 1.807) is 30.3 Å². The molecule has 0 aromatic heterocycles. The monoisotopic (exact) mass is 373 g/mol. The van der Waals surface area contributed by atoms with Gasteiger partial charge in [0.1, 0.15) is 0 Å². The normalized spacial score (nSPS) is 22.7. The molecular formula is C16H24ClN3O3S. The Hall–Kier alpha value is -1.15. The van der Waals surface area contributed by atoms with E-state index in [1.165, 1.54) is 4.31 Å². The first-order valence-electron chi connectivity index (χ1n) is 8.16. The summed E-state index contributed by atoms with van der Waals surface area (Å²) in [5.74, 6) is 0.112. The first-order chi connectivity index (χ1) is 11.1. The second-order valence-corrected chi connectivity index (χ2v) is 7.98. The molecule has 2 saturated heterocycles. The number of hydrogen-bond donors (Lipinski definition) is 1. The number of sulfonamides is 1. The summed E-state index contributed by atoms with van der Waals surface area (Å²) < 4.78 is 26.9. The van der Waals surface area contributed by atoms with Gasteiger partial charge in [0.2, 0.25) is 15.9 Å². The van der Waals surface area contributed by atoms with Crippen LogP contribution in [0.25, 0.3) is 0 Å². The van der Waals surface area contributed by atoms with Gasteiger partial charge in [-0.25, -0.2) is 8.42 Å². The standard InChI is InChI=1S/C16H23N3O3S.ClH/c20-16(15-8-4-9-17-15)18-10-5-11-19(13-12-18)23(21,22)14-6-2-1-3-7-14;/h1-3,6-7,15,17H,4-5,8-13H2;1H. The van der Waals surface area contributed by atoms with Crippen molar-refractivity contribution in [3.05, 3.63) is 30.3 Å². The fraction of sp³-hybridized carbons (Fsp3) is 0.562. The smallest absolute Gasteiger partial charge is 0.243 e. The molecule has 1 aromatic rings. The lowest BCUT2D eigenvalue weighted by atomic mass is 10.2. The summed E-state index contributed by atoms with van der Waals surface area (Å²) in [6.07, 6.45) is 2.57. The van der Waals surface area contributed by atoms with Crippen LogP contribution < -0.4 is 5.32 Å². The van der Waals surface area contributed by atoms with Crippen LogP contribution in [-0.2, 0) is 14.8 Å². The Morgan fingerprint density at radius 2 is 1.79 bits per heavy atom. The van der Waals surface area contributed by atoms with Crippen molar-refractivity contribution in [2.45, 2.75) is 30.2 Å². The minimum absolute atomic E-state index is 0. The average molecular weight is 374 g/mol. The van der Waals surface area contributed by atoms with Gasteiger partial charge in [-0.05, 0) is 37.9 Å². The highest BCUT2D eigenvalue weighted by Gasteiger charge is 2.31. The topological polar surface area (TPSA) is 69.7 Å². The fourth-order valence-corrected chi connectivity index (χ4v) is 4.70. The molecule has 0 spiro atoms. The van der Waals surface area contributed by atoms with Crippen LogP contribution in [0.2, 0.25) is 0 Å². The van der Waals surface area contributed by atoms with E-state index < -0.39 is 10.0 Å². The Morgan fingerprint density at radius 3 is 2.46 bits per heavy atom. The molecule has 3 rings (SSSR count). The zero-order chi connectivity index (χ0) is 16.3. The van der Waals surface area contributed by atoms with Crippen molar-refractivity contribution in [2.75, 3.05) is 32.7 Å². The van der Waals surface area contributed by atoms with Crippen LogP contribution in [0.3, 0.4) is 0 Å². The number of halogens is 1. The van der Waals surface area contributed by atoms with Crippen LogP contribution >= 0.6 is 12.4 Å². The number of nitrogens with zero attached hydrogens (tertiary/aromatic N) is 2. The number of rotatable bonds is 3. The summed E-state index contributed by atoms with van der Waals surface area (Å²) >= 11 is 0. The van der Waals surface area contributed by atoms with Crippen molar-refractivity contribution < 1.29 is 13.2 Å². The van der Waals surface area contributed by atoms with E-state index in [0.717, 1.165) is 19.4 Å². The maximum Gasteiger partial charge on any atom is 0.243 e. The number of carbonyl (C=O) groups excluding carboxylic acids is 1. The number of amides is 1. The Balaban J connectivity index is 0.00000208. The first kappa shape index (κ1) is 19.2. The van der Waals surface area contributed by atoms with Crippen molar-refractivity contribution in [1.82, 2.24) is 14.5 Å². The lowest BCUT2D eigenvalue weighted by Crippen LogP contribution is -2.45. The molecule has 2 aliphatic rings. The molecule has 0 bridgehead atoms. The van der Waals surface area contributed by atoms with E-state index in [2.05, 4.69) is 5.32 Å². The molecule has 24 heavy (non-hydrogen) atoms. The van der Waals surface area contributed by atoms with Crippen molar-refractivity contribution in [3.63, 3.8) is 0 Å². The highest BCUT2D eigenvalue weighted by Crippen LogP contribution is 2.18. The lowest BCUT2D eigenvalue weighted by molar-refractivity contribution is -0.132. The molecule has 2 aliphatic heterocycles. The molecule has 0 radical (unpaired) electrons. The molecule has 2 fully saturated rings. The van der Waals surface area contributed by atoms with Gasteiger partial charge in [-0.3, -0.25) is 4.79 Å². The summed E-state index contributed by atoms with van der Waals surface area (Å²) in [6, 6.07) is 8.40. The minimum Gasteiger partial charge on any atom is -0.340 e. The maximum atomic E-state index is 12.7. The molecule has 0 aliphatic carbocycles. The van der Waals surface area contributed by atoms with E-state index >= 15 is 0 Å². The summed E-state index contributed by atoms with van der Waals surface area (Å²) in [7, 11) is -3.47. The third-order valence-corrected chi connectivity index (χ3v) is 6.42. The average Bonchev–Trinajstić information content (AvgIpc) is 2.99. The number of nitrogens with one attached hydrogen (secondary N) is 1. The van der Waals surface area contributed by atoms with Gasteiger partial charge >= 0.3 is 0 Å². The molecule has 1 atom stereocenters. The lowest BCUT2D eigenvalue weighted by Gasteiger charge is -2.24. The fourth-order valence-electron chi connectivity index (χ4n) is 3.21. The second-order valence-electron chi connectivity index (χ2n) is 6.04. The van der Waals surface area contributed by atoms with Gasteiger partial charge in [0, 0.05) is 26.2 Å². The van der Waals surface area contributed by atoms with Crippen LogP contribution in [0.1, 0.15) is 19.3 Å². The summed E-state index contributed by atoms with van der Waals surface area (Å²) in [6.45, 7) is 2.79. The first-order valence-corrected chi connectivity index (χ1v) is 9.60. The molecule has 1 unspecified atom stereocenters. The van der Waals surface area contributed by atoms with E-state index in [1.807, 2.05) is 4.90 Å². The SMILES string of the molecule is Cl.O=C(C1CCCN1)N1CCCN(S(=O)(=O)c2ccccc2)CC1. The minimum atomic E-state index is -3.47.